The molecule has 6 heteroatoms. The van der Waals surface area contributed by atoms with E-state index in [0.717, 1.165) is 45.8 Å². The fourth-order valence-corrected chi connectivity index (χ4v) is 6.07. The molecule has 1 aromatic heterocycles. The van der Waals surface area contributed by atoms with Crippen LogP contribution in [0.4, 0.5) is 0 Å². The van der Waals surface area contributed by atoms with Crippen LogP contribution in [0.5, 0.6) is 5.75 Å². The molecule has 0 saturated heterocycles. The highest BCUT2D eigenvalue weighted by atomic mass is 35.5. The van der Waals surface area contributed by atoms with E-state index >= 15 is 0 Å². The number of halogens is 1. The van der Waals surface area contributed by atoms with E-state index in [1.165, 1.54) is 22.5 Å². The number of fused-ring (bicyclic) bond motifs is 3. The Morgan fingerprint density at radius 1 is 1.06 bits per heavy atom. The van der Waals surface area contributed by atoms with Crippen molar-refractivity contribution in [1.29, 1.82) is 0 Å². The van der Waals surface area contributed by atoms with Crippen LogP contribution in [0.1, 0.15) is 41.6 Å². The van der Waals surface area contributed by atoms with Gasteiger partial charge in [0, 0.05) is 10.6 Å². The van der Waals surface area contributed by atoms with Crippen molar-refractivity contribution in [2.45, 2.75) is 25.8 Å². The Morgan fingerprint density at radius 2 is 1.83 bits per heavy atom. The van der Waals surface area contributed by atoms with Crippen LogP contribution in [0, 0.1) is 0 Å². The van der Waals surface area contributed by atoms with Crippen molar-refractivity contribution in [3.05, 3.63) is 125 Å². The normalized spacial score (nSPS) is 16.9. The summed E-state index contributed by atoms with van der Waals surface area (Å²) in [7, 11) is 0. The molecule has 0 bridgehead atoms. The summed E-state index contributed by atoms with van der Waals surface area (Å²) in [6.45, 7) is 2.58. The average molecular weight is 499 g/mol. The van der Waals surface area contributed by atoms with Crippen LogP contribution >= 0.6 is 22.9 Å². The van der Waals surface area contributed by atoms with E-state index in [1.54, 1.807) is 0 Å². The molecule has 35 heavy (non-hydrogen) atoms. The highest BCUT2D eigenvalue weighted by molar-refractivity contribution is 7.07. The molecule has 4 aromatic rings. The molecule has 0 N–H and O–H groups in total. The van der Waals surface area contributed by atoms with E-state index in [9.17, 15) is 4.79 Å². The summed E-state index contributed by atoms with van der Waals surface area (Å²) in [6, 6.07) is 23.9. The van der Waals surface area contributed by atoms with Crippen LogP contribution < -0.4 is 19.6 Å². The number of thiazole rings is 1. The van der Waals surface area contributed by atoms with Crippen LogP contribution in [0.2, 0.25) is 5.02 Å². The monoisotopic (exact) mass is 498 g/mol. The first kappa shape index (κ1) is 22.1. The highest BCUT2D eigenvalue weighted by Gasteiger charge is 2.32. The fourth-order valence-electron chi connectivity index (χ4n) is 4.95. The van der Waals surface area contributed by atoms with E-state index in [2.05, 4.69) is 24.3 Å². The number of nitrogens with zero attached hydrogens (tertiary/aromatic N) is 2. The van der Waals surface area contributed by atoms with Gasteiger partial charge in [0.2, 0.25) is 0 Å². The summed E-state index contributed by atoms with van der Waals surface area (Å²) < 4.78 is 8.08. The van der Waals surface area contributed by atoms with E-state index in [4.69, 9.17) is 21.3 Å². The predicted octanol–water partition coefficient (Wildman–Crippen LogP) is 5.37. The second kappa shape index (κ2) is 8.99. The predicted molar refractivity (Wildman–Crippen MR) is 142 cm³/mol. The minimum atomic E-state index is -0.200. The van der Waals surface area contributed by atoms with Crippen molar-refractivity contribution in [2.24, 2.45) is 4.99 Å². The molecule has 0 amide bonds. The van der Waals surface area contributed by atoms with Crippen molar-refractivity contribution in [3.8, 4) is 5.75 Å². The number of hydrogen-bond acceptors (Lipinski definition) is 4. The van der Waals surface area contributed by atoms with Gasteiger partial charge in [-0.3, -0.25) is 9.36 Å². The zero-order valence-electron chi connectivity index (χ0n) is 19.2. The molecule has 1 atom stereocenters. The Kier molecular flexibility index (Phi) is 5.67. The second-order valence-electron chi connectivity index (χ2n) is 8.67. The topological polar surface area (TPSA) is 43.6 Å². The van der Waals surface area contributed by atoms with Gasteiger partial charge in [-0.2, -0.15) is 0 Å². The number of hydrogen-bond donors (Lipinski definition) is 0. The third kappa shape index (κ3) is 3.95. The summed E-state index contributed by atoms with van der Waals surface area (Å²) in [4.78, 5) is 19.6. The molecule has 0 spiro atoms. The molecule has 2 aliphatic rings. The first-order chi connectivity index (χ1) is 17.1. The minimum Gasteiger partial charge on any atom is -0.494 e. The lowest BCUT2D eigenvalue weighted by molar-refractivity contribution is 0.340. The quantitative estimate of drug-likeness (QED) is 0.379. The van der Waals surface area contributed by atoms with Gasteiger partial charge in [-0.1, -0.05) is 71.5 Å². The van der Waals surface area contributed by atoms with Crippen LogP contribution in [0.25, 0.3) is 11.8 Å². The summed E-state index contributed by atoms with van der Waals surface area (Å²) >= 11 is 7.64. The third-order valence-corrected chi connectivity index (χ3v) is 7.78. The van der Waals surface area contributed by atoms with Crippen molar-refractivity contribution in [1.82, 2.24) is 4.57 Å². The number of aromatic nitrogens is 1. The van der Waals surface area contributed by atoms with Gasteiger partial charge in [-0.25, -0.2) is 4.99 Å². The summed E-state index contributed by atoms with van der Waals surface area (Å²) in [5.74, 6) is 0.820. The highest BCUT2D eigenvalue weighted by Crippen LogP contribution is 2.41. The summed E-state index contributed by atoms with van der Waals surface area (Å²) in [5, 5.41) is 0.680. The fraction of sp³-hybridized carbons (Fsp3) is 0.172. The van der Waals surface area contributed by atoms with Crippen molar-refractivity contribution in [3.63, 3.8) is 0 Å². The van der Waals surface area contributed by atoms with Gasteiger partial charge in [0.05, 0.1) is 22.9 Å². The lowest BCUT2D eigenvalue weighted by Crippen LogP contribution is -2.38. The van der Waals surface area contributed by atoms with Crippen molar-refractivity contribution in [2.75, 3.05) is 6.61 Å². The van der Waals surface area contributed by atoms with Gasteiger partial charge >= 0.3 is 0 Å². The Balaban J connectivity index is 1.55. The molecule has 3 aromatic carbocycles. The molecule has 1 aliphatic heterocycles. The lowest BCUT2D eigenvalue weighted by Gasteiger charge is -2.30. The Bertz CT molecular complexity index is 1630. The maximum absolute atomic E-state index is 13.8. The van der Waals surface area contributed by atoms with E-state index in [0.29, 0.717) is 16.2 Å². The van der Waals surface area contributed by atoms with E-state index in [1.807, 2.05) is 66.1 Å². The number of ether oxygens (including phenoxy) is 1. The minimum absolute atomic E-state index is 0.0204. The average Bonchev–Trinajstić information content (AvgIpc) is 3.19. The zero-order valence-corrected chi connectivity index (χ0v) is 20.8. The second-order valence-corrected chi connectivity index (χ2v) is 10.1. The van der Waals surface area contributed by atoms with Crippen LogP contribution in [-0.4, -0.2) is 11.2 Å². The Labute approximate surface area is 212 Å². The van der Waals surface area contributed by atoms with Crippen LogP contribution in [0.15, 0.2) is 88.2 Å². The number of benzene rings is 3. The molecular formula is C29H23ClN2O2S. The molecular weight excluding hydrogens is 476 g/mol. The van der Waals surface area contributed by atoms with Gasteiger partial charge < -0.3 is 4.74 Å². The van der Waals surface area contributed by atoms with Gasteiger partial charge in [0.1, 0.15) is 5.75 Å². The first-order valence-electron chi connectivity index (χ1n) is 11.7. The molecule has 0 radical (unpaired) electrons. The molecule has 1 aliphatic carbocycles. The smallest absolute Gasteiger partial charge is 0.271 e. The molecule has 4 nitrogen and oxygen atoms in total. The number of rotatable bonds is 4. The Morgan fingerprint density at radius 3 is 2.60 bits per heavy atom. The SMILES string of the molecule is CCOc1ccc(C=c2sc3n(c2=O)C(c2ccc(Cl)cc2)C2=C(N=3)c3ccccc3CC2)cc1. The number of aryl methyl sites for hydroxylation is 1. The van der Waals surface area contributed by atoms with Crippen molar-refractivity contribution >= 4 is 34.7 Å². The van der Waals surface area contributed by atoms with Gasteiger partial charge in [-0.15, -0.1) is 0 Å². The van der Waals surface area contributed by atoms with E-state index in [-0.39, 0.29) is 11.6 Å². The molecule has 0 saturated carbocycles. The zero-order chi connectivity index (χ0) is 23.9. The van der Waals surface area contributed by atoms with Gasteiger partial charge in [-0.05, 0) is 72.4 Å². The lowest BCUT2D eigenvalue weighted by atomic mass is 9.83. The first-order valence-corrected chi connectivity index (χ1v) is 12.9. The summed E-state index contributed by atoms with van der Waals surface area (Å²) in [6.07, 6.45) is 3.74. The summed E-state index contributed by atoms with van der Waals surface area (Å²) in [5.41, 5.74) is 6.63. The maximum atomic E-state index is 13.8. The Hall–Kier alpha value is -3.41. The van der Waals surface area contributed by atoms with E-state index < -0.39 is 0 Å². The van der Waals surface area contributed by atoms with Crippen LogP contribution in [-0.2, 0) is 6.42 Å². The molecule has 6 rings (SSSR count). The third-order valence-electron chi connectivity index (χ3n) is 6.55. The molecule has 174 valence electrons. The molecule has 1 unspecified atom stereocenters. The standard InChI is InChI=1S/C29H23ClN2O2S/c1-2-34-22-14-7-18(8-15-22)17-25-28(33)32-27(20-9-12-21(30)13-10-20)24-16-11-19-5-3-4-6-23(19)26(24)31-29(32)35-25/h3-10,12-15,17,27H,2,11,16H2,1H3. The maximum Gasteiger partial charge on any atom is 0.271 e. The number of allylic oxidation sites excluding steroid dienone is 1. The molecule has 0 fully saturated rings. The largest absolute Gasteiger partial charge is 0.494 e. The van der Waals surface area contributed by atoms with Gasteiger partial charge in [0.15, 0.2) is 4.80 Å². The van der Waals surface area contributed by atoms with Crippen LogP contribution in [0.3, 0.4) is 0 Å². The van der Waals surface area contributed by atoms with Gasteiger partial charge in [0.25, 0.3) is 5.56 Å². The van der Waals surface area contributed by atoms with Crippen molar-refractivity contribution < 1.29 is 4.74 Å². The molecule has 2 heterocycles.